The zero-order valence-corrected chi connectivity index (χ0v) is 12.7. The van der Waals surface area contributed by atoms with Crippen molar-refractivity contribution in [3.05, 3.63) is 0 Å². The first-order valence-corrected chi connectivity index (χ1v) is 8.17. The summed E-state index contributed by atoms with van der Waals surface area (Å²) in [7, 11) is 2.24. The number of hydrogen-bond donors (Lipinski definition) is 2. The van der Waals surface area contributed by atoms with Crippen molar-refractivity contribution >= 4 is 0 Å². The molecule has 1 unspecified atom stereocenters. The van der Waals surface area contributed by atoms with Crippen molar-refractivity contribution in [2.75, 3.05) is 66.0 Å². The smallest absolute Gasteiger partial charge is 0.0107 e. The van der Waals surface area contributed by atoms with Gasteiger partial charge in [-0.1, -0.05) is 0 Å². The molecule has 1 atom stereocenters. The molecule has 4 heteroatoms. The third kappa shape index (κ3) is 6.21. The Bertz CT molecular complexity index is 219. The van der Waals surface area contributed by atoms with E-state index in [-0.39, 0.29) is 0 Å². The highest BCUT2D eigenvalue weighted by molar-refractivity contribution is 4.73. The summed E-state index contributed by atoms with van der Waals surface area (Å²) in [6.45, 7) is 11.1. The Morgan fingerprint density at radius 2 is 1.95 bits per heavy atom. The molecule has 0 aliphatic carbocycles. The molecule has 0 aromatic rings. The van der Waals surface area contributed by atoms with Crippen LogP contribution in [-0.4, -0.2) is 75.8 Å². The van der Waals surface area contributed by atoms with Crippen molar-refractivity contribution in [2.45, 2.75) is 25.7 Å². The van der Waals surface area contributed by atoms with Gasteiger partial charge in [0.25, 0.3) is 0 Å². The minimum absolute atomic E-state index is 0.943. The molecule has 0 saturated carbocycles. The number of nitrogens with one attached hydrogen (secondary N) is 2. The van der Waals surface area contributed by atoms with E-state index in [0.29, 0.717) is 0 Å². The fourth-order valence-corrected chi connectivity index (χ4v) is 3.21. The molecule has 2 aliphatic rings. The fourth-order valence-electron chi connectivity index (χ4n) is 3.21. The van der Waals surface area contributed by atoms with Gasteiger partial charge in [-0.3, -0.25) is 0 Å². The number of hydrogen-bond acceptors (Lipinski definition) is 4. The molecule has 4 nitrogen and oxygen atoms in total. The third-order valence-electron chi connectivity index (χ3n) is 4.51. The van der Waals surface area contributed by atoms with E-state index < -0.39 is 0 Å². The summed E-state index contributed by atoms with van der Waals surface area (Å²) in [5.74, 6) is 0.943. The van der Waals surface area contributed by atoms with Gasteiger partial charge in [0.05, 0.1) is 0 Å². The lowest BCUT2D eigenvalue weighted by atomic mass is 10.1. The average Bonchev–Trinajstić information content (AvgIpc) is 2.85. The SMILES string of the molecule is CN1CCC(CCNCCCCN2CCNCC2)C1. The lowest BCUT2D eigenvalue weighted by Crippen LogP contribution is -2.43. The van der Waals surface area contributed by atoms with Gasteiger partial charge in [0.1, 0.15) is 0 Å². The van der Waals surface area contributed by atoms with Crippen LogP contribution in [0.15, 0.2) is 0 Å². The highest BCUT2D eigenvalue weighted by Crippen LogP contribution is 2.16. The van der Waals surface area contributed by atoms with Gasteiger partial charge < -0.3 is 20.4 Å². The summed E-state index contributed by atoms with van der Waals surface area (Å²) in [4.78, 5) is 5.04. The van der Waals surface area contributed by atoms with Crippen LogP contribution in [0.3, 0.4) is 0 Å². The van der Waals surface area contributed by atoms with Crippen LogP contribution < -0.4 is 10.6 Å². The summed E-state index contributed by atoms with van der Waals surface area (Å²) in [6.07, 6.45) is 5.44. The van der Waals surface area contributed by atoms with Crippen molar-refractivity contribution in [1.82, 2.24) is 20.4 Å². The van der Waals surface area contributed by atoms with Gasteiger partial charge in [-0.15, -0.1) is 0 Å². The average molecular weight is 268 g/mol. The lowest BCUT2D eigenvalue weighted by Gasteiger charge is -2.27. The van der Waals surface area contributed by atoms with Gasteiger partial charge in [-0.2, -0.15) is 0 Å². The Balaban J connectivity index is 1.36. The van der Waals surface area contributed by atoms with E-state index in [0.717, 1.165) is 5.92 Å². The largest absolute Gasteiger partial charge is 0.317 e. The standard InChI is InChI=1S/C15H32N4/c1-18-11-5-15(14-18)4-7-16-6-2-3-10-19-12-8-17-9-13-19/h15-17H,2-14H2,1H3. The molecule has 0 bridgehead atoms. The first-order valence-electron chi connectivity index (χ1n) is 8.17. The molecule has 2 aliphatic heterocycles. The highest BCUT2D eigenvalue weighted by atomic mass is 15.2. The Labute approximate surface area is 118 Å². The number of piperazine rings is 1. The molecule has 0 aromatic heterocycles. The van der Waals surface area contributed by atoms with Gasteiger partial charge in [-0.05, 0) is 64.8 Å². The molecule has 0 radical (unpaired) electrons. The zero-order chi connectivity index (χ0) is 13.3. The minimum atomic E-state index is 0.943. The topological polar surface area (TPSA) is 30.5 Å². The van der Waals surface area contributed by atoms with E-state index in [2.05, 4.69) is 27.5 Å². The van der Waals surface area contributed by atoms with Crippen LogP contribution in [0.4, 0.5) is 0 Å². The van der Waals surface area contributed by atoms with Crippen molar-refractivity contribution in [1.29, 1.82) is 0 Å². The highest BCUT2D eigenvalue weighted by Gasteiger charge is 2.18. The van der Waals surface area contributed by atoms with Gasteiger partial charge in [0, 0.05) is 32.7 Å². The van der Waals surface area contributed by atoms with Gasteiger partial charge in [0.15, 0.2) is 0 Å². The van der Waals surface area contributed by atoms with Crippen LogP contribution in [0.1, 0.15) is 25.7 Å². The third-order valence-corrected chi connectivity index (χ3v) is 4.51. The molecule has 2 fully saturated rings. The predicted octanol–water partition coefficient (Wildman–Crippen LogP) is 0.603. The number of nitrogens with zero attached hydrogens (tertiary/aromatic N) is 2. The molecule has 2 heterocycles. The Hall–Kier alpha value is -0.160. The number of likely N-dealkylation sites (tertiary alicyclic amines) is 1. The molecule has 0 aromatic carbocycles. The van der Waals surface area contributed by atoms with Crippen LogP contribution in [0.25, 0.3) is 0 Å². The minimum Gasteiger partial charge on any atom is -0.317 e. The van der Waals surface area contributed by atoms with E-state index in [1.165, 1.54) is 84.6 Å². The van der Waals surface area contributed by atoms with Crippen LogP contribution >= 0.6 is 0 Å². The molecule has 2 rings (SSSR count). The zero-order valence-electron chi connectivity index (χ0n) is 12.7. The first kappa shape index (κ1) is 15.2. The second kappa shape index (κ2) is 8.90. The monoisotopic (exact) mass is 268 g/mol. The van der Waals surface area contributed by atoms with Crippen molar-refractivity contribution in [2.24, 2.45) is 5.92 Å². The van der Waals surface area contributed by atoms with Crippen LogP contribution in [0.2, 0.25) is 0 Å². The maximum Gasteiger partial charge on any atom is 0.0107 e. The maximum absolute atomic E-state index is 3.62. The van der Waals surface area contributed by atoms with E-state index in [1.807, 2.05) is 0 Å². The van der Waals surface area contributed by atoms with Crippen LogP contribution in [-0.2, 0) is 0 Å². The van der Waals surface area contributed by atoms with Crippen molar-refractivity contribution < 1.29 is 0 Å². The number of rotatable bonds is 8. The van der Waals surface area contributed by atoms with E-state index in [1.54, 1.807) is 0 Å². The summed E-state index contributed by atoms with van der Waals surface area (Å²) in [5, 5.41) is 7.02. The van der Waals surface area contributed by atoms with Gasteiger partial charge in [-0.25, -0.2) is 0 Å². The van der Waals surface area contributed by atoms with E-state index in [4.69, 9.17) is 0 Å². The molecule has 2 saturated heterocycles. The summed E-state index contributed by atoms with van der Waals surface area (Å²) in [6, 6.07) is 0. The second-order valence-corrected chi connectivity index (χ2v) is 6.25. The number of unbranched alkanes of at least 4 members (excludes halogenated alkanes) is 1. The van der Waals surface area contributed by atoms with E-state index in [9.17, 15) is 0 Å². The molecule has 112 valence electrons. The predicted molar refractivity (Wildman–Crippen MR) is 81.6 cm³/mol. The molecule has 2 N–H and O–H groups in total. The quantitative estimate of drug-likeness (QED) is 0.631. The summed E-state index contributed by atoms with van der Waals surface area (Å²) in [5.41, 5.74) is 0. The van der Waals surface area contributed by atoms with Crippen molar-refractivity contribution in [3.63, 3.8) is 0 Å². The maximum atomic E-state index is 3.62. The first-order chi connectivity index (χ1) is 9.34. The molecular formula is C15H32N4. The fraction of sp³-hybridized carbons (Fsp3) is 1.00. The summed E-state index contributed by atoms with van der Waals surface area (Å²) < 4.78 is 0. The van der Waals surface area contributed by atoms with Crippen LogP contribution in [0, 0.1) is 5.92 Å². The molecule has 0 spiro atoms. The Morgan fingerprint density at radius 3 is 2.68 bits per heavy atom. The summed E-state index contributed by atoms with van der Waals surface area (Å²) >= 11 is 0. The lowest BCUT2D eigenvalue weighted by molar-refractivity contribution is 0.236. The van der Waals surface area contributed by atoms with Gasteiger partial charge >= 0.3 is 0 Å². The van der Waals surface area contributed by atoms with Gasteiger partial charge in [0.2, 0.25) is 0 Å². The molecule has 0 amide bonds. The second-order valence-electron chi connectivity index (χ2n) is 6.25. The molecular weight excluding hydrogens is 236 g/mol. The Morgan fingerprint density at radius 1 is 1.11 bits per heavy atom. The van der Waals surface area contributed by atoms with Crippen molar-refractivity contribution in [3.8, 4) is 0 Å². The normalized spacial score (nSPS) is 26.1. The molecule has 19 heavy (non-hydrogen) atoms. The Kier molecular flexibility index (Phi) is 7.14. The van der Waals surface area contributed by atoms with Crippen LogP contribution in [0.5, 0.6) is 0 Å². The van der Waals surface area contributed by atoms with E-state index >= 15 is 0 Å².